The maximum absolute atomic E-state index is 13.2. The summed E-state index contributed by atoms with van der Waals surface area (Å²) in [5.74, 6) is -0.623. The van der Waals surface area contributed by atoms with Crippen molar-refractivity contribution in [2.24, 2.45) is 5.92 Å². The van der Waals surface area contributed by atoms with Crippen LogP contribution in [0.3, 0.4) is 0 Å². The fourth-order valence-corrected chi connectivity index (χ4v) is 3.78. The quantitative estimate of drug-likeness (QED) is 0.227. The molecule has 1 unspecified atom stereocenters. The summed E-state index contributed by atoms with van der Waals surface area (Å²) in [6.45, 7) is 1.47. The van der Waals surface area contributed by atoms with Crippen LogP contribution in [0.1, 0.15) is 42.2 Å². The van der Waals surface area contributed by atoms with E-state index in [9.17, 15) is 41.3 Å². The van der Waals surface area contributed by atoms with E-state index in [-0.39, 0.29) is 30.6 Å². The van der Waals surface area contributed by atoms with Crippen LogP contribution in [-0.4, -0.2) is 34.5 Å². The van der Waals surface area contributed by atoms with Gasteiger partial charge in [0.2, 0.25) is 5.82 Å². The van der Waals surface area contributed by atoms with Gasteiger partial charge in [0.25, 0.3) is 6.47 Å². The van der Waals surface area contributed by atoms with Crippen LogP contribution >= 0.6 is 0 Å². The van der Waals surface area contributed by atoms with Gasteiger partial charge >= 0.3 is 18.0 Å². The van der Waals surface area contributed by atoms with Gasteiger partial charge in [-0.15, -0.1) is 0 Å². The maximum atomic E-state index is 13.2. The summed E-state index contributed by atoms with van der Waals surface area (Å²) in [7, 11) is 0. The van der Waals surface area contributed by atoms with E-state index < -0.39 is 51.7 Å². The third-order valence-corrected chi connectivity index (χ3v) is 5.41. The smallest absolute Gasteiger partial charge is 0.416 e. The van der Waals surface area contributed by atoms with Crippen molar-refractivity contribution < 1.29 is 40.8 Å². The normalized spacial score (nSPS) is 15.9. The van der Waals surface area contributed by atoms with Gasteiger partial charge < -0.3 is 15.4 Å². The van der Waals surface area contributed by atoms with Crippen molar-refractivity contribution >= 4 is 23.7 Å². The minimum Gasteiger partial charge on any atom is -0.458 e. The molecule has 9 nitrogen and oxygen atoms in total. The Labute approximate surface area is 194 Å². The highest BCUT2D eigenvalue weighted by Crippen LogP contribution is 2.40. The van der Waals surface area contributed by atoms with Crippen molar-refractivity contribution in [1.29, 1.82) is 0 Å². The first-order chi connectivity index (χ1) is 16.4. The Morgan fingerprint density at radius 1 is 1.11 bits per heavy atom. The number of rotatable bonds is 8. The second kappa shape index (κ2) is 10.4. The number of alkyl halides is 6. The zero-order chi connectivity index (χ0) is 25.8. The van der Waals surface area contributed by atoms with Crippen LogP contribution in [0.4, 0.5) is 43.5 Å². The number of nitro groups is 1. The predicted molar refractivity (Wildman–Crippen MR) is 109 cm³/mol. The van der Waals surface area contributed by atoms with E-state index in [2.05, 4.69) is 20.6 Å². The van der Waals surface area contributed by atoms with E-state index in [0.717, 1.165) is 6.33 Å². The molecule has 2 N–H and O–H groups in total. The number of nitrogens with zero attached hydrogens (tertiary/aromatic N) is 3. The van der Waals surface area contributed by atoms with E-state index in [1.54, 1.807) is 0 Å². The Kier molecular flexibility index (Phi) is 7.77. The lowest BCUT2D eigenvalue weighted by Gasteiger charge is -2.26. The average molecular weight is 507 g/mol. The van der Waals surface area contributed by atoms with Gasteiger partial charge in [0, 0.05) is 5.69 Å². The summed E-state index contributed by atoms with van der Waals surface area (Å²) < 4.78 is 84.1. The predicted octanol–water partition coefficient (Wildman–Crippen LogP) is 4.77. The number of hydrogen-bond donors (Lipinski definition) is 2. The third kappa shape index (κ3) is 6.55. The van der Waals surface area contributed by atoms with Gasteiger partial charge in [-0.25, -0.2) is 9.97 Å². The van der Waals surface area contributed by atoms with Crippen molar-refractivity contribution in [1.82, 2.24) is 15.3 Å². The molecule has 1 aromatic heterocycles. The molecule has 1 fully saturated rings. The summed E-state index contributed by atoms with van der Waals surface area (Å²) in [6.07, 6.45) is -8.98. The number of aromatic nitrogens is 2. The van der Waals surface area contributed by atoms with Crippen LogP contribution < -0.4 is 10.6 Å². The lowest BCUT2D eigenvalue weighted by atomic mass is 9.90. The third-order valence-electron chi connectivity index (χ3n) is 5.41. The van der Waals surface area contributed by atoms with E-state index in [1.807, 2.05) is 0 Å². The first-order valence-corrected chi connectivity index (χ1v) is 10.3. The summed E-state index contributed by atoms with van der Waals surface area (Å²) in [5.41, 5.74) is -5.12. The van der Waals surface area contributed by atoms with Gasteiger partial charge in [0.15, 0.2) is 11.8 Å². The topological polar surface area (TPSA) is 119 Å². The number of piperidine rings is 1. The fourth-order valence-electron chi connectivity index (χ4n) is 3.78. The minimum absolute atomic E-state index is 0.0324. The molecule has 0 spiro atoms. The molecule has 1 saturated heterocycles. The van der Waals surface area contributed by atoms with Crippen LogP contribution in [-0.2, 0) is 21.9 Å². The van der Waals surface area contributed by atoms with Gasteiger partial charge in [0.1, 0.15) is 6.33 Å². The van der Waals surface area contributed by atoms with Crippen LogP contribution in [0, 0.1) is 16.0 Å². The Balaban J connectivity index is 2.04. The molecule has 15 heteroatoms. The molecule has 1 aliphatic rings. The van der Waals surface area contributed by atoms with Crippen LogP contribution in [0.5, 0.6) is 0 Å². The van der Waals surface area contributed by atoms with Crippen molar-refractivity contribution in [3.63, 3.8) is 0 Å². The number of benzene rings is 1. The molecule has 0 radical (unpaired) electrons. The first kappa shape index (κ1) is 26.1. The van der Waals surface area contributed by atoms with Crippen molar-refractivity contribution in [3.05, 3.63) is 51.5 Å². The number of carbonyl (C=O) groups is 1. The number of hydrogen-bond acceptors (Lipinski definition) is 8. The Bertz CT molecular complexity index is 1040. The molecule has 2 aromatic rings. The number of anilines is 2. The van der Waals surface area contributed by atoms with Gasteiger partial charge in [0.05, 0.1) is 16.1 Å². The highest BCUT2D eigenvalue weighted by atomic mass is 19.4. The number of nitrogens with one attached hydrogen (secondary N) is 2. The Morgan fingerprint density at radius 3 is 2.23 bits per heavy atom. The molecule has 1 atom stereocenters. The molecule has 0 bridgehead atoms. The molecule has 1 aromatic carbocycles. The summed E-state index contributed by atoms with van der Waals surface area (Å²) in [5, 5.41) is 17.2. The average Bonchev–Trinajstić information content (AvgIpc) is 2.78. The van der Waals surface area contributed by atoms with E-state index in [0.29, 0.717) is 38.1 Å². The lowest BCUT2D eigenvalue weighted by Crippen LogP contribution is -2.29. The molecule has 0 amide bonds. The molecule has 190 valence electrons. The number of halogens is 6. The highest BCUT2D eigenvalue weighted by Gasteiger charge is 2.38. The maximum Gasteiger partial charge on any atom is 0.416 e. The second-order valence-corrected chi connectivity index (χ2v) is 7.78. The van der Waals surface area contributed by atoms with Gasteiger partial charge in [-0.05, 0) is 56.5 Å². The SMILES string of the molecule is O=COC(CC1CCNCC1)c1ncnc(Nc2cc(C(F)(F)F)cc(C(F)(F)F)c2)c1[N+](=O)[O-]. The van der Waals surface area contributed by atoms with E-state index in [4.69, 9.17) is 4.74 Å². The largest absolute Gasteiger partial charge is 0.458 e. The van der Waals surface area contributed by atoms with E-state index in [1.165, 1.54) is 0 Å². The molecule has 0 aliphatic carbocycles. The molecule has 35 heavy (non-hydrogen) atoms. The molecule has 3 rings (SSSR count). The summed E-state index contributed by atoms with van der Waals surface area (Å²) in [6, 6.07) is 0.669. The number of ether oxygens (including phenoxy) is 1. The van der Waals surface area contributed by atoms with Crippen molar-refractivity contribution in [3.8, 4) is 0 Å². The Morgan fingerprint density at radius 2 is 1.71 bits per heavy atom. The van der Waals surface area contributed by atoms with E-state index >= 15 is 0 Å². The molecule has 2 heterocycles. The van der Waals surface area contributed by atoms with Crippen molar-refractivity contribution in [2.45, 2.75) is 37.7 Å². The zero-order valence-corrected chi connectivity index (χ0v) is 17.8. The highest BCUT2D eigenvalue weighted by molar-refractivity contribution is 5.68. The first-order valence-electron chi connectivity index (χ1n) is 10.3. The van der Waals surface area contributed by atoms with Gasteiger partial charge in [-0.1, -0.05) is 0 Å². The molecule has 0 saturated carbocycles. The minimum atomic E-state index is -5.11. The standard InChI is InChI=1S/C20H19F6N5O4/c21-19(22,23)12-6-13(20(24,25)26)8-14(7-12)30-18-17(31(33)34)16(28-9-29-18)15(35-10-32)5-11-1-3-27-4-2-11/h6-11,15,27H,1-5H2,(H,28,29,30). The lowest BCUT2D eigenvalue weighted by molar-refractivity contribution is -0.385. The van der Waals surface area contributed by atoms with Crippen LogP contribution in [0.2, 0.25) is 0 Å². The molecular weight excluding hydrogens is 488 g/mol. The monoisotopic (exact) mass is 507 g/mol. The summed E-state index contributed by atoms with van der Waals surface area (Å²) >= 11 is 0. The summed E-state index contributed by atoms with van der Waals surface area (Å²) in [4.78, 5) is 29.5. The van der Waals surface area contributed by atoms with Crippen LogP contribution in [0.25, 0.3) is 0 Å². The molecular formula is C20H19F6N5O4. The zero-order valence-electron chi connectivity index (χ0n) is 17.8. The second-order valence-electron chi connectivity index (χ2n) is 7.78. The molecule has 1 aliphatic heterocycles. The fraction of sp³-hybridized carbons (Fsp3) is 0.450. The Hall–Kier alpha value is -3.49. The van der Waals surface area contributed by atoms with Crippen LogP contribution in [0.15, 0.2) is 24.5 Å². The van der Waals surface area contributed by atoms with Crippen molar-refractivity contribution in [2.75, 3.05) is 18.4 Å². The van der Waals surface area contributed by atoms with Gasteiger partial charge in [-0.2, -0.15) is 26.3 Å². The number of carbonyl (C=O) groups excluding carboxylic acids is 1. The van der Waals surface area contributed by atoms with Gasteiger partial charge in [-0.3, -0.25) is 14.9 Å².